The lowest BCUT2D eigenvalue weighted by Gasteiger charge is -2.11. The van der Waals surface area contributed by atoms with E-state index in [4.69, 9.17) is 0 Å². The number of fused-ring (bicyclic) bond motifs is 1. The van der Waals surface area contributed by atoms with E-state index in [9.17, 15) is 22.8 Å². The second kappa shape index (κ2) is 7.50. The van der Waals surface area contributed by atoms with Crippen molar-refractivity contribution in [3.63, 3.8) is 0 Å². The SMILES string of the molecule is CCc1cccc2c(C(C)=O)cn(CC(=O)Nc3cccc(C(F)(F)F)c3)c12. The van der Waals surface area contributed by atoms with Gasteiger partial charge in [0, 0.05) is 22.8 Å². The molecule has 28 heavy (non-hydrogen) atoms. The van der Waals surface area contributed by atoms with Gasteiger partial charge in [0.05, 0.1) is 11.1 Å². The number of nitrogens with one attached hydrogen (secondary N) is 1. The largest absolute Gasteiger partial charge is 0.416 e. The molecule has 0 aliphatic rings. The lowest BCUT2D eigenvalue weighted by atomic mass is 10.1. The molecule has 0 saturated carbocycles. The molecule has 1 aromatic heterocycles. The number of carbonyl (C=O) groups excluding carboxylic acids is 2. The van der Waals surface area contributed by atoms with E-state index in [1.807, 2.05) is 25.1 Å². The van der Waals surface area contributed by atoms with E-state index in [2.05, 4.69) is 5.32 Å². The Morgan fingerprint density at radius 2 is 1.82 bits per heavy atom. The van der Waals surface area contributed by atoms with Gasteiger partial charge in [-0.1, -0.05) is 31.2 Å². The number of aromatic nitrogens is 1. The van der Waals surface area contributed by atoms with Gasteiger partial charge in [0.15, 0.2) is 5.78 Å². The highest BCUT2D eigenvalue weighted by atomic mass is 19.4. The highest BCUT2D eigenvalue weighted by Crippen LogP contribution is 2.31. The average molecular weight is 388 g/mol. The summed E-state index contributed by atoms with van der Waals surface area (Å²) in [7, 11) is 0. The number of aryl methyl sites for hydroxylation is 1. The molecule has 0 unspecified atom stereocenters. The molecule has 0 saturated heterocycles. The number of alkyl halides is 3. The van der Waals surface area contributed by atoms with Crippen molar-refractivity contribution in [3.8, 4) is 0 Å². The molecule has 0 aliphatic heterocycles. The number of rotatable bonds is 5. The maximum atomic E-state index is 12.8. The van der Waals surface area contributed by atoms with Crippen molar-refractivity contribution in [2.45, 2.75) is 33.0 Å². The fraction of sp³-hybridized carbons (Fsp3) is 0.238. The van der Waals surface area contributed by atoms with Gasteiger partial charge in [-0.05, 0) is 37.1 Å². The minimum Gasteiger partial charge on any atom is -0.337 e. The van der Waals surface area contributed by atoms with Crippen LogP contribution in [0.4, 0.5) is 18.9 Å². The Morgan fingerprint density at radius 1 is 1.11 bits per heavy atom. The Bertz CT molecular complexity index is 1050. The van der Waals surface area contributed by atoms with Gasteiger partial charge >= 0.3 is 6.18 Å². The molecular weight excluding hydrogens is 369 g/mol. The molecule has 1 heterocycles. The summed E-state index contributed by atoms with van der Waals surface area (Å²) in [6, 6.07) is 10.1. The molecule has 1 amide bonds. The minimum absolute atomic E-state index is 0.0683. The van der Waals surface area contributed by atoms with Gasteiger partial charge in [0.1, 0.15) is 6.54 Å². The summed E-state index contributed by atoms with van der Waals surface area (Å²) >= 11 is 0. The van der Waals surface area contributed by atoms with Crippen LogP contribution in [0.1, 0.15) is 35.3 Å². The molecule has 0 atom stereocenters. The number of anilines is 1. The second-order valence-corrected chi connectivity index (χ2v) is 6.52. The van der Waals surface area contributed by atoms with Crippen molar-refractivity contribution in [2.75, 3.05) is 5.32 Å². The topological polar surface area (TPSA) is 51.1 Å². The summed E-state index contributed by atoms with van der Waals surface area (Å²) in [4.78, 5) is 24.4. The first kappa shape index (κ1) is 19.7. The van der Waals surface area contributed by atoms with Crippen molar-refractivity contribution < 1.29 is 22.8 Å². The number of hydrogen-bond donors (Lipinski definition) is 1. The number of amides is 1. The summed E-state index contributed by atoms with van der Waals surface area (Å²) in [6.07, 6.45) is -2.14. The highest BCUT2D eigenvalue weighted by Gasteiger charge is 2.30. The van der Waals surface area contributed by atoms with Crippen molar-refractivity contribution in [2.24, 2.45) is 0 Å². The van der Waals surface area contributed by atoms with Crippen molar-refractivity contribution >= 4 is 28.3 Å². The zero-order chi connectivity index (χ0) is 20.5. The second-order valence-electron chi connectivity index (χ2n) is 6.52. The summed E-state index contributed by atoms with van der Waals surface area (Å²) in [5.41, 5.74) is 1.52. The van der Waals surface area contributed by atoms with Crippen LogP contribution in [-0.4, -0.2) is 16.3 Å². The number of ketones is 1. The first-order chi connectivity index (χ1) is 13.2. The van der Waals surface area contributed by atoms with E-state index in [1.54, 1.807) is 10.8 Å². The standard InChI is InChI=1S/C21H19F3N2O2/c1-3-14-6-4-9-17-18(13(2)27)11-26(20(14)17)12-19(28)25-16-8-5-7-15(10-16)21(22,23)24/h4-11H,3,12H2,1-2H3,(H,25,28). The fourth-order valence-corrected chi connectivity index (χ4v) is 3.26. The van der Waals surface area contributed by atoms with Crippen LogP contribution < -0.4 is 5.32 Å². The van der Waals surface area contributed by atoms with Crippen LogP contribution in [0.3, 0.4) is 0 Å². The van der Waals surface area contributed by atoms with Crippen LogP contribution in [0.5, 0.6) is 0 Å². The minimum atomic E-state index is -4.48. The Kier molecular flexibility index (Phi) is 5.27. The quantitative estimate of drug-likeness (QED) is 0.621. The van der Waals surface area contributed by atoms with E-state index >= 15 is 0 Å². The Balaban J connectivity index is 1.91. The summed E-state index contributed by atoms with van der Waals surface area (Å²) in [6.45, 7) is 3.32. The average Bonchev–Trinajstić information content (AvgIpc) is 3.00. The molecule has 146 valence electrons. The van der Waals surface area contributed by atoms with E-state index in [0.29, 0.717) is 12.0 Å². The third-order valence-corrected chi connectivity index (χ3v) is 4.53. The van der Waals surface area contributed by atoms with Crippen molar-refractivity contribution in [1.29, 1.82) is 0 Å². The molecule has 4 nitrogen and oxygen atoms in total. The van der Waals surface area contributed by atoms with E-state index < -0.39 is 17.6 Å². The Labute approximate surface area is 160 Å². The summed E-state index contributed by atoms with van der Waals surface area (Å²) < 4.78 is 40.2. The van der Waals surface area contributed by atoms with Crippen molar-refractivity contribution in [1.82, 2.24) is 4.57 Å². The molecule has 0 aliphatic carbocycles. The molecule has 1 N–H and O–H groups in total. The number of benzene rings is 2. The molecule has 7 heteroatoms. The zero-order valence-corrected chi connectivity index (χ0v) is 15.4. The van der Waals surface area contributed by atoms with Gasteiger partial charge in [0.2, 0.25) is 5.91 Å². The van der Waals surface area contributed by atoms with Crippen LogP contribution in [0.15, 0.2) is 48.7 Å². The molecular formula is C21H19F3N2O2. The molecule has 0 bridgehead atoms. The number of Topliss-reactive ketones (excluding diaryl/α,β-unsaturated/α-hetero) is 1. The van der Waals surface area contributed by atoms with Crippen LogP contribution in [0.25, 0.3) is 10.9 Å². The van der Waals surface area contributed by atoms with Gasteiger partial charge in [-0.3, -0.25) is 9.59 Å². The highest BCUT2D eigenvalue weighted by molar-refractivity contribution is 6.08. The first-order valence-electron chi connectivity index (χ1n) is 8.79. The fourth-order valence-electron chi connectivity index (χ4n) is 3.26. The van der Waals surface area contributed by atoms with Crippen LogP contribution in [0, 0.1) is 0 Å². The molecule has 0 fully saturated rings. The maximum absolute atomic E-state index is 12.8. The van der Waals surface area contributed by atoms with E-state index in [0.717, 1.165) is 28.6 Å². The number of hydrogen-bond acceptors (Lipinski definition) is 2. The number of carbonyl (C=O) groups is 2. The molecule has 3 rings (SSSR count). The van der Waals surface area contributed by atoms with Crippen LogP contribution >= 0.6 is 0 Å². The smallest absolute Gasteiger partial charge is 0.337 e. The summed E-state index contributed by atoms with van der Waals surface area (Å²) in [5, 5.41) is 3.26. The van der Waals surface area contributed by atoms with Gasteiger partial charge in [-0.2, -0.15) is 13.2 Å². The van der Waals surface area contributed by atoms with E-state index in [1.165, 1.54) is 19.1 Å². The zero-order valence-electron chi connectivity index (χ0n) is 15.4. The van der Waals surface area contributed by atoms with Crippen LogP contribution in [-0.2, 0) is 23.9 Å². The third kappa shape index (κ3) is 3.93. The molecule has 2 aromatic carbocycles. The monoisotopic (exact) mass is 388 g/mol. The number of nitrogens with zero attached hydrogens (tertiary/aromatic N) is 1. The molecule has 0 radical (unpaired) electrons. The van der Waals surface area contributed by atoms with Crippen molar-refractivity contribution in [3.05, 3.63) is 65.4 Å². The Morgan fingerprint density at radius 3 is 2.46 bits per heavy atom. The first-order valence-corrected chi connectivity index (χ1v) is 8.79. The lowest BCUT2D eigenvalue weighted by molar-refractivity contribution is -0.137. The Hall–Kier alpha value is -3.09. The lowest BCUT2D eigenvalue weighted by Crippen LogP contribution is -2.19. The maximum Gasteiger partial charge on any atom is 0.416 e. The van der Waals surface area contributed by atoms with Gasteiger partial charge < -0.3 is 9.88 Å². The molecule has 3 aromatic rings. The van der Waals surface area contributed by atoms with E-state index in [-0.39, 0.29) is 18.0 Å². The predicted molar refractivity (Wildman–Crippen MR) is 101 cm³/mol. The number of para-hydroxylation sites is 1. The summed E-state index contributed by atoms with van der Waals surface area (Å²) in [5.74, 6) is -0.590. The third-order valence-electron chi connectivity index (χ3n) is 4.53. The van der Waals surface area contributed by atoms with Gasteiger partial charge in [0.25, 0.3) is 0 Å². The van der Waals surface area contributed by atoms with Gasteiger partial charge in [-0.15, -0.1) is 0 Å². The van der Waals surface area contributed by atoms with Crippen LogP contribution in [0.2, 0.25) is 0 Å². The molecule has 0 spiro atoms. The normalized spacial score (nSPS) is 11.6. The predicted octanol–water partition coefficient (Wildman–Crippen LogP) is 5.06. The van der Waals surface area contributed by atoms with Gasteiger partial charge in [-0.25, -0.2) is 0 Å². The number of halogens is 3.